The average molecular weight is 437 g/mol. The molecule has 2 aromatic rings. The number of piperazine rings is 1. The van der Waals surface area contributed by atoms with E-state index in [0.717, 1.165) is 11.3 Å². The second-order valence-electron chi connectivity index (χ2n) is 8.87. The molecule has 1 unspecified atom stereocenters. The van der Waals surface area contributed by atoms with Crippen molar-refractivity contribution in [3.05, 3.63) is 69.3 Å². The predicted molar refractivity (Wildman–Crippen MR) is 121 cm³/mol. The van der Waals surface area contributed by atoms with Crippen LogP contribution in [0.1, 0.15) is 48.3 Å². The van der Waals surface area contributed by atoms with E-state index in [-0.39, 0.29) is 11.6 Å². The van der Waals surface area contributed by atoms with E-state index < -0.39 is 16.4 Å². The number of nitrogens with zero attached hydrogens (tertiary/aromatic N) is 4. The van der Waals surface area contributed by atoms with Gasteiger partial charge in [0.2, 0.25) is 0 Å². The zero-order chi connectivity index (χ0) is 23.5. The van der Waals surface area contributed by atoms with Crippen LogP contribution in [0.25, 0.3) is 0 Å². The highest BCUT2D eigenvalue weighted by atomic mass is 16.6. The van der Waals surface area contributed by atoms with Crippen LogP contribution in [0, 0.1) is 21.4 Å². The van der Waals surface area contributed by atoms with Gasteiger partial charge in [-0.1, -0.05) is 39.0 Å². The summed E-state index contributed by atoms with van der Waals surface area (Å²) in [4.78, 5) is 27.9. The first-order valence-corrected chi connectivity index (χ1v) is 10.5. The molecular formula is C24H28N4O4. The molecule has 1 fully saturated rings. The molecule has 2 aromatic carbocycles. The van der Waals surface area contributed by atoms with Gasteiger partial charge in [0.15, 0.2) is 0 Å². The Morgan fingerprint density at radius 2 is 1.75 bits per heavy atom. The number of amides is 1. The van der Waals surface area contributed by atoms with Gasteiger partial charge in [0.25, 0.3) is 11.6 Å². The van der Waals surface area contributed by atoms with Crippen LogP contribution < -0.4 is 4.74 Å². The molecule has 1 aliphatic heterocycles. The minimum Gasteiger partial charge on any atom is -0.497 e. The topological polar surface area (TPSA) is 99.7 Å². The zero-order valence-corrected chi connectivity index (χ0v) is 18.9. The lowest BCUT2D eigenvalue weighted by Gasteiger charge is -2.37. The largest absolute Gasteiger partial charge is 0.497 e. The Bertz CT molecular complexity index is 1030. The fourth-order valence-electron chi connectivity index (χ4n) is 3.97. The number of ether oxygens (including phenoxy) is 1. The first kappa shape index (κ1) is 23.2. The Hall–Kier alpha value is -3.44. The molecule has 0 saturated carbocycles. The molecule has 0 aliphatic carbocycles. The van der Waals surface area contributed by atoms with Gasteiger partial charge < -0.3 is 9.64 Å². The van der Waals surface area contributed by atoms with E-state index in [9.17, 15) is 20.2 Å². The molecule has 0 spiro atoms. The summed E-state index contributed by atoms with van der Waals surface area (Å²) in [5, 5.41) is 21.3. The number of nitro groups is 1. The van der Waals surface area contributed by atoms with E-state index in [0.29, 0.717) is 37.3 Å². The van der Waals surface area contributed by atoms with Crippen molar-refractivity contribution in [1.82, 2.24) is 9.80 Å². The monoisotopic (exact) mass is 436 g/mol. The van der Waals surface area contributed by atoms with Crippen LogP contribution in [0.3, 0.4) is 0 Å². The van der Waals surface area contributed by atoms with Gasteiger partial charge in [-0.2, -0.15) is 5.26 Å². The predicted octanol–water partition coefficient (Wildman–Crippen LogP) is 3.92. The van der Waals surface area contributed by atoms with E-state index in [1.165, 1.54) is 6.07 Å². The second-order valence-corrected chi connectivity index (χ2v) is 8.87. The number of rotatable bonds is 5. The summed E-state index contributed by atoms with van der Waals surface area (Å²) in [6.07, 6.45) is 0. The van der Waals surface area contributed by atoms with Crippen molar-refractivity contribution in [1.29, 1.82) is 5.26 Å². The lowest BCUT2D eigenvalue weighted by molar-refractivity contribution is -0.386. The quantitative estimate of drug-likeness (QED) is 0.520. The van der Waals surface area contributed by atoms with Crippen molar-refractivity contribution in [2.45, 2.75) is 32.2 Å². The summed E-state index contributed by atoms with van der Waals surface area (Å²) in [5.41, 5.74) is 1.35. The molecule has 1 saturated heterocycles. The van der Waals surface area contributed by atoms with Gasteiger partial charge in [-0.25, -0.2) is 0 Å². The lowest BCUT2D eigenvalue weighted by Crippen LogP contribution is -2.49. The number of carbonyl (C=O) groups is 1. The molecule has 8 nitrogen and oxygen atoms in total. The molecule has 0 radical (unpaired) electrons. The first-order chi connectivity index (χ1) is 15.2. The Morgan fingerprint density at radius 3 is 2.25 bits per heavy atom. The van der Waals surface area contributed by atoms with Crippen molar-refractivity contribution >= 4 is 11.6 Å². The molecule has 168 valence electrons. The molecule has 1 heterocycles. The second kappa shape index (κ2) is 9.37. The lowest BCUT2D eigenvalue weighted by atomic mass is 9.85. The van der Waals surface area contributed by atoms with Crippen molar-refractivity contribution < 1.29 is 14.5 Å². The van der Waals surface area contributed by atoms with Gasteiger partial charge in [-0.3, -0.25) is 19.8 Å². The van der Waals surface area contributed by atoms with Crippen LogP contribution in [0.2, 0.25) is 0 Å². The van der Waals surface area contributed by atoms with E-state index in [2.05, 4.69) is 6.07 Å². The SMILES string of the molecule is COc1ccc(C(C#N)N2CCN(C(=O)c3ccc(C(C)(C)C)c([N+](=O)[O-])c3)CC2)cc1. The molecule has 3 rings (SSSR count). The Balaban J connectivity index is 1.72. The van der Waals surface area contributed by atoms with Gasteiger partial charge in [0, 0.05) is 43.4 Å². The molecule has 32 heavy (non-hydrogen) atoms. The molecule has 8 heteroatoms. The van der Waals surface area contributed by atoms with Crippen molar-refractivity contribution in [3.8, 4) is 11.8 Å². The van der Waals surface area contributed by atoms with Crippen LogP contribution in [-0.2, 0) is 5.41 Å². The molecule has 1 aliphatic rings. The summed E-state index contributed by atoms with van der Waals surface area (Å²) in [7, 11) is 1.60. The minimum absolute atomic E-state index is 0.0361. The highest BCUT2D eigenvalue weighted by Crippen LogP contribution is 2.32. The Labute approximate surface area is 188 Å². The molecule has 0 bridgehead atoms. The van der Waals surface area contributed by atoms with Crippen LogP contribution in [0.4, 0.5) is 5.69 Å². The maximum Gasteiger partial charge on any atom is 0.273 e. The third-order valence-corrected chi connectivity index (χ3v) is 5.77. The van der Waals surface area contributed by atoms with Gasteiger partial charge in [0.05, 0.1) is 18.1 Å². The maximum atomic E-state index is 13.0. The molecule has 0 N–H and O–H groups in total. The van der Waals surface area contributed by atoms with Gasteiger partial charge in [0.1, 0.15) is 11.8 Å². The van der Waals surface area contributed by atoms with Crippen LogP contribution in [0.15, 0.2) is 42.5 Å². The van der Waals surface area contributed by atoms with Crippen LogP contribution in [0.5, 0.6) is 5.75 Å². The number of methoxy groups -OCH3 is 1. The molecule has 0 aromatic heterocycles. The number of nitriles is 1. The highest BCUT2D eigenvalue weighted by Gasteiger charge is 2.30. The van der Waals surface area contributed by atoms with Gasteiger partial charge >= 0.3 is 0 Å². The Kier molecular flexibility index (Phi) is 6.80. The van der Waals surface area contributed by atoms with E-state index >= 15 is 0 Å². The summed E-state index contributed by atoms with van der Waals surface area (Å²) >= 11 is 0. The highest BCUT2D eigenvalue weighted by molar-refractivity contribution is 5.95. The van der Waals surface area contributed by atoms with Gasteiger partial charge in [-0.05, 0) is 29.2 Å². The van der Waals surface area contributed by atoms with E-state index in [1.54, 1.807) is 24.1 Å². The minimum atomic E-state index is -0.429. The fraction of sp³-hybridized carbons (Fsp3) is 0.417. The molecular weight excluding hydrogens is 408 g/mol. The van der Waals surface area contributed by atoms with Crippen LogP contribution in [-0.4, -0.2) is 53.9 Å². The number of benzene rings is 2. The normalized spacial score (nSPS) is 15.7. The molecule has 1 atom stereocenters. The van der Waals surface area contributed by atoms with Gasteiger partial charge in [-0.15, -0.1) is 0 Å². The van der Waals surface area contributed by atoms with Crippen molar-refractivity contribution in [2.75, 3.05) is 33.3 Å². The third kappa shape index (κ3) is 4.89. The average Bonchev–Trinajstić information content (AvgIpc) is 2.79. The smallest absolute Gasteiger partial charge is 0.273 e. The zero-order valence-electron chi connectivity index (χ0n) is 18.9. The standard InChI is InChI=1S/C24H28N4O4/c1-24(2,3)20-10-7-18(15-21(20)28(30)31)23(29)27-13-11-26(12-14-27)22(16-25)17-5-8-19(32-4)9-6-17/h5-10,15,22H,11-14H2,1-4H3. The van der Waals surface area contributed by atoms with E-state index in [1.807, 2.05) is 49.9 Å². The summed E-state index contributed by atoms with van der Waals surface area (Å²) in [5.74, 6) is 0.499. The third-order valence-electron chi connectivity index (χ3n) is 5.77. The van der Waals surface area contributed by atoms with Crippen molar-refractivity contribution in [3.63, 3.8) is 0 Å². The fourth-order valence-corrected chi connectivity index (χ4v) is 3.97. The maximum absolute atomic E-state index is 13.0. The summed E-state index contributed by atoms with van der Waals surface area (Å²) in [6, 6.07) is 14.1. The number of hydrogen-bond donors (Lipinski definition) is 0. The summed E-state index contributed by atoms with van der Waals surface area (Å²) < 4.78 is 5.18. The first-order valence-electron chi connectivity index (χ1n) is 10.5. The number of nitro benzene ring substituents is 1. The van der Waals surface area contributed by atoms with E-state index in [4.69, 9.17) is 4.74 Å². The Morgan fingerprint density at radius 1 is 1.12 bits per heavy atom. The summed E-state index contributed by atoms with van der Waals surface area (Å²) in [6.45, 7) is 7.69. The number of carbonyl (C=O) groups excluding carboxylic acids is 1. The number of hydrogen-bond acceptors (Lipinski definition) is 6. The van der Waals surface area contributed by atoms with Crippen LogP contribution >= 0.6 is 0 Å². The molecule has 1 amide bonds. The van der Waals surface area contributed by atoms with Crippen molar-refractivity contribution in [2.24, 2.45) is 0 Å².